The second-order valence-electron chi connectivity index (χ2n) is 5.08. The fourth-order valence-corrected chi connectivity index (χ4v) is 2.19. The Bertz CT molecular complexity index is 595. The minimum absolute atomic E-state index is 0.117. The van der Waals surface area contributed by atoms with Crippen LogP contribution in [-0.4, -0.2) is 11.6 Å². The van der Waals surface area contributed by atoms with E-state index in [9.17, 15) is 4.39 Å². The Labute approximate surface area is 124 Å². The highest BCUT2D eigenvalue weighted by molar-refractivity contribution is 5.56. The molecule has 1 atom stereocenters. The van der Waals surface area contributed by atoms with Gasteiger partial charge in [-0.2, -0.15) is 0 Å². The van der Waals surface area contributed by atoms with Crippen LogP contribution in [0, 0.1) is 0 Å². The predicted octanol–water partition coefficient (Wildman–Crippen LogP) is 3.95. The average molecular weight is 292 g/mol. The van der Waals surface area contributed by atoms with Crippen LogP contribution in [0.15, 0.2) is 35.6 Å². The summed E-state index contributed by atoms with van der Waals surface area (Å²) in [5.41, 5.74) is 7.68. The van der Waals surface area contributed by atoms with Gasteiger partial charge in [0.25, 0.3) is 0 Å². The third-order valence-corrected chi connectivity index (χ3v) is 3.21. The van der Waals surface area contributed by atoms with E-state index in [1.165, 1.54) is 6.08 Å². The molecule has 0 fully saturated rings. The number of fused-ring (bicyclic) bond motifs is 1. The summed E-state index contributed by atoms with van der Waals surface area (Å²) in [7, 11) is 0. The second-order valence-corrected chi connectivity index (χ2v) is 5.08. The van der Waals surface area contributed by atoms with Crippen molar-refractivity contribution in [2.24, 2.45) is 5.73 Å². The number of rotatable bonds is 3. The molecule has 3 N–H and O–H groups in total. The van der Waals surface area contributed by atoms with E-state index in [-0.39, 0.29) is 11.9 Å². The highest BCUT2D eigenvalue weighted by atomic mass is 19.1. The molecule has 1 unspecified atom stereocenters. The number of halogens is 1. The van der Waals surface area contributed by atoms with Crippen LogP contribution >= 0.6 is 0 Å². The van der Waals surface area contributed by atoms with Crippen LogP contribution in [0.4, 0.5) is 4.39 Å². The molecular formula is C16H21FN2O2. The van der Waals surface area contributed by atoms with Gasteiger partial charge in [0, 0.05) is 23.2 Å². The molecule has 4 nitrogen and oxygen atoms in total. The van der Waals surface area contributed by atoms with E-state index >= 15 is 0 Å². The maximum Gasteiger partial charge on any atom is 0.162 e. The zero-order valence-corrected chi connectivity index (χ0v) is 12.6. The summed E-state index contributed by atoms with van der Waals surface area (Å²) in [6.45, 7) is 5.80. The number of allylic oxidation sites excluding steroid dienone is 4. The molecule has 0 radical (unpaired) electrons. The zero-order valence-electron chi connectivity index (χ0n) is 12.6. The van der Waals surface area contributed by atoms with Gasteiger partial charge in [0.15, 0.2) is 11.6 Å². The molecule has 0 amide bonds. The average Bonchev–Trinajstić information content (AvgIpc) is 2.77. The summed E-state index contributed by atoms with van der Waals surface area (Å²) in [5.74, 6) is 0.250. The first-order valence-corrected chi connectivity index (χ1v) is 6.96. The molecule has 5 heteroatoms. The third kappa shape index (κ3) is 3.76. The Morgan fingerprint density at radius 3 is 3.00 bits per heavy atom. The largest absolute Gasteiger partial charge is 0.457 e. The summed E-state index contributed by atoms with van der Waals surface area (Å²) in [4.78, 5) is 3.13. The van der Waals surface area contributed by atoms with E-state index in [1.54, 1.807) is 20.0 Å². The number of H-pyrrole nitrogens is 1. The minimum atomic E-state index is -0.486. The summed E-state index contributed by atoms with van der Waals surface area (Å²) < 4.78 is 25.2. The first-order chi connectivity index (χ1) is 9.99. The van der Waals surface area contributed by atoms with Crippen LogP contribution in [0.25, 0.3) is 6.08 Å². The van der Waals surface area contributed by atoms with Gasteiger partial charge in [-0.3, -0.25) is 0 Å². The van der Waals surface area contributed by atoms with E-state index in [0.29, 0.717) is 18.1 Å². The molecule has 0 bridgehead atoms. The first-order valence-electron chi connectivity index (χ1n) is 6.96. The monoisotopic (exact) mass is 292 g/mol. The number of nitrogens with two attached hydrogens (primary N) is 1. The predicted molar refractivity (Wildman–Crippen MR) is 81.2 cm³/mol. The molecule has 1 aliphatic heterocycles. The maximum absolute atomic E-state index is 13.9. The summed E-state index contributed by atoms with van der Waals surface area (Å²) in [6.07, 6.45) is 7.75. The Balaban J connectivity index is 2.32. The molecule has 1 aliphatic rings. The Morgan fingerprint density at radius 1 is 1.52 bits per heavy atom. The Morgan fingerprint density at radius 2 is 2.29 bits per heavy atom. The molecule has 0 saturated carbocycles. The molecule has 0 aromatic carbocycles. The van der Waals surface area contributed by atoms with Gasteiger partial charge in [-0.1, -0.05) is 6.08 Å². The molecule has 0 spiro atoms. The minimum Gasteiger partial charge on any atom is -0.457 e. The summed E-state index contributed by atoms with van der Waals surface area (Å²) in [6, 6.07) is 0. The van der Waals surface area contributed by atoms with Crippen molar-refractivity contribution in [2.45, 2.75) is 33.3 Å². The van der Waals surface area contributed by atoms with Gasteiger partial charge < -0.3 is 20.2 Å². The highest BCUT2D eigenvalue weighted by Gasteiger charge is 2.20. The smallest absolute Gasteiger partial charge is 0.162 e. The highest BCUT2D eigenvalue weighted by Crippen LogP contribution is 2.34. The van der Waals surface area contributed by atoms with Crippen molar-refractivity contribution in [3.05, 3.63) is 46.9 Å². The first kappa shape index (κ1) is 15.4. The van der Waals surface area contributed by atoms with E-state index in [0.717, 1.165) is 17.7 Å². The third-order valence-electron chi connectivity index (χ3n) is 3.21. The Hall–Kier alpha value is -2.01. The molecule has 2 rings (SSSR count). The molecule has 21 heavy (non-hydrogen) atoms. The van der Waals surface area contributed by atoms with Crippen molar-refractivity contribution in [1.82, 2.24) is 4.98 Å². The maximum atomic E-state index is 13.9. The molecule has 2 heterocycles. The van der Waals surface area contributed by atoms with Gasteiger partial charge in [0.05, 0.1) is 12.7 Å². The number of aromatic amines is 1. The normalized spacial score (nSPS) is 21.9. The second kappa shape index (κ2) is 6.63. The molecule has 1 aromatic rings. The number of hydrogen-bond acceptors (Lipinski definition) is 3. The van der Waals surface area contributed by atoms with Gasteiger partial charge in [-0.05, 0) is 39.3 Å². The van der Waals surface area contributed by atoms with Crippen LogP contribution in [0.5, 0.6) is 5.75 Å². The number of aromatic nitrogens is 1. The topological polar surface area (TPSA) is 60.3 Å². The van der Waals surface area contributed by atoms with Crippen LogP contribution in [0.3, 0.4) is 0 Å². The van der Waals surface area contributed by atoms with Gasteiger partial charge in [0.2, 0.25) is 0 Å². The lowest BCUT2D eigenvalue weighted by Crippen LogP contribution is -2.06. The van der Waals surface area contributed by atoms with Crippen molar-refractivity contribution in [3.63, 3.8) is 0 Å². The van der Waals surface area contributed by atoms with E-state index in [4.69, 9.17) is 15.2 Å². The van der Waals surface area contributed by atoms with Gasteiger partial charge in [-0.25, -0.2) is 4.39 Å². The van der Waals surface area contributed by atoms with E-state index in [2.05, 4.69) is 4.98 Å². The van der Waals surface area contributed by atoms with Crippen molar-refractivity contribution in [3.8, 4) is 5.75 Å². The SMILES string of the molecule is C/C(Oc1c[nH]c2c1C(C)OCC/C=C\2)=C(F)\C=C(/C)N. The lowest BCUT2D eigenvalue weighted by atomic mass is 10.1. The van der Waals surface area contributed by atoms with Crippen LogP contribution in [-0.2, 0) is 4.74 Å². The van der Waals surface area contributed by atoms with Crippen LogP contribution in [0.1, 0.15) is 44.6 Å². The molecule has 114 valence electrons. The standard InChI is InChI=1S/C16H21FN2O2/c1-10(18)8-13(17)11(2)21-15-9-19-14-6-4-5-7-20-12(3)16(14)15/h4,6,8-9,12,19H,5,7,18H2,1-3H3/b6-4-,10-8+,13-11-. The van der Waals surface area contributed by atoms with E-state index < -0.39 is 5.83 Å². The fraction of sp³-hybridized carbons (Fsp3) is 0.375. The van der Waals surface area contributed by atoms with E-state index in [1.807, 2.05) is 19.1 Å². The van der Waals surface area contributed by atoms with Gasteiger partial charge in [-0.15, -0.1) is 0 Å². The fourth-order valence-electron chi connectivity index (χ4n) is 2.19. The molecule has 0 saturated heterocycles. The molecule has 0 aliphatic carbocycles. The van der Waals surface area contributed by atoms with Crippen LogP contribution < -0.4 is 10.5 Å². The number of nitrogens with one attached hydrogen (secondary N) is 1. The number of hydrogen-bond donors (Lipinski definition) is 2. The van der Waals surface area contributed by atoms with Crippen LogP contribution in [0.2, 0.25) is 0 Å². The van der Waals surface area contributed by atoms with Crippen molar-refractivity contribution >= 4 is 6.08 Å². The molecule has 1 aromatic heterocycles. The number of ether oxygens (including phenoxy) is 2. The lowest BCUT2D eigenvalue weighted by Gasteiger charge is -2.17. The molecular weight excluding hydrogens is 271 g/mol. The van der Waals surface area contributed by atoms with Crippen molar-refractivity contribution in [2.75, 3.05) is 6.61 Å². The quantitative estimate of drug-likeness (QED) is 0.655. The summed E-state index contributed by atoms with van der Waals surface area (Å²) >= 11 is 0. The van der Waals surface area contributed by atoms with Crippen molar-refractivity contribution in [1.29, 1.82) is 0 Å². The van der Waals surface area contributed by atoms with Gasteiger partial charge in [0.1, 0.15) is 5.76 Å². The van der Waals surface area contributed by atoms with Crippen molar-refractivity contribution < 1.29 is 13.9 Å². The Kier molecular flexibility index (Phi) is 4.85. The lowest BCUT2D eigenvalue weighted by molar-refractivity contribution is 0.0671. The summed E-state index contributed by atoms with van der Waals surface area (Å²) in [5, 5.41) is 0. The zero-order chi connectivity index (χ0) is 15.4. The van der Waals surface area contributed by atoms with Gasteiger partial charge >= 0.3 is 0 Å².